The third-order valence-corrected chi connectivity index (χ3v) is 7.15. The second-order valence-electron chi connectivity index (χ2n) is 8.86. The van der Waals surface area contributed by atoms with Crippen molar-refractivity contribution in [2.75, 3.05) is 16.6 Å². The lowest BCUT2D eigenvalue weighted by Gasteiger charge is -2.17. The Kier molecular flexibility index (Phi) is 7.67. The van der Waals surface area contributed by atoms with Crippen molar-refractivity contribution in [3.8, 4) is 5.75 Å². The molecule has 0 aliphatic carbocycles. The highest BCUT2D eigenvalue weighted by molar-refractivity contribution is 7.92. The molecule has 180 valence electrons. The molecule has 0 heterocycles. The zero-order chi connectivity index (χ0) is 25.0. The predicted octanol–water partition coefficient (Wildman–Crippen LogP) is 5.86. The molecule has 6 nitrogen and oxygen atoms in total. The Bertz CT molecular complexity index is 1310. The Morgan fingerprint density at radius 1 is 0.882 bits per heavy atom. The lowest BCUT2D eigenvalue weighted by Crippen LogP contribution is -2.22. The number of anilines is 2. The fourth-order valence-electron chi connectivity index (χ4n) is 3.63. The second-order valence-corrected chi connectivity index (χ2v) is 10.5. The van der Waals surface area contributed by atoms with Gasteiger partial charge in [-0.2, -0.15) is 0 Å². The number of hydrogen-bond acceptors (Lipinski definition) is 4. The quantitative estimate of drug-likeness (QED) is 0.423. The number of nitrogens with one attached hydrogen (secondary N) is 2. The van der Waals surface area contributed by atoms with Gasteiger partial charge in [0.25, 0.3) is 15.9 Å². The molecule has 0 atom stereocenters. The number of carbonyl (C=O) groups is 1. The third kappa shape index (κ3) is 5.97. The summed E-state index contributed by atoms with van der Waals surface area (Å²) >= 11 is 0. The van der Waals surface area contributed by atoms with E-state index in [0.29, 0.717) is 17.0 Å². The number of para-hydroxylation sites is 1. The molecule has 7 heteroatoms. The molecule has 2 N–H and O–H groups in total. The Hall–Kier alpha value is -3.32. The molecular weight excluding hydrogens is 448 g/mol. The van der Waals surface area contributed by atoms with Crippen molar-refractivity contribution >= 4 is 27.3 Å². The van der Waals surface area contributed by atoms with Gasteiger partial charge in [-0.1, -0.05) is 38.1 Å². The number of benzene rings is 3. The van der Waals surface area contributed by atoms with E-state index in [0.717, 1.165) is 27.9 Å². The summed E-state index contributed by atoms with van der Waals surface area (Å²) in [7, 11) is -3.76. The van der Waals surface area contributed by atoms with Crippen molar-refractivity contribution in [3.63, 3.8) is 0 Å². The molecule has 0 fully saturated rings. The fourth-order valence-corrected chi connectivity index (χ4v) is 4.77. The first-order valence-corrected chi connectivity index (χ1v) is 12.7. The zero-order valence-electron chi connectivity index (χ0n) is 20.5. The summed E-state index contributed by atoms with van der Waals surface area (Å²) in [6.45, 7) is 11.6. The molecule has 0 radical (unpaired) electrons. The highest BCUT2D eigenvalue weighted by Gasteiger charge is 2.17. The number of rotatable bonds is 8. The lowest BCUT2D eigenvalue weighted by atomic mass is 9.98. The van der Waals surface area contributed by atoms with Crippen molar-refractivity contribution in [2.24, 2.45) is 0 Å². The van der Waals surface area contributed by atoms with E-state index < -0.39 is 10.0 Å². The van der Waals surface area contributed by atoms with Gasteiger partial charge >= 0.3 is 0 Å². The van der Waals surface area contributed by atoms with Crippen molar-refractivity contribution in [2.45, 2.75) is 52.4 Å². The van der Waals surface area contributed by atoms with Crippen LogP contribution in [0.15, 0.2) is 59.5 Å². The van der Waals surface area contributed by atoms with Crippen molar-refractivity contribution in [1.82, 2.24) is 0 Å². The maximum atomic E-state index is 12.8. The molecule has 3 aromatic carbocycles. The number of sulfonamides is 1. The van der Waals surface area contributed by atoms with Gasteiger partial charge in [-0.15, -0.1) is 0 Å². The molecule has 0 aromatic heterocycles. The van der Waals surface area contributed by atoms with Gasteiger partial charge in [0, 0.05) is 11.4 Å². The fraction of sp³-hybridized carbons (Fsp3) is 0.296. The summed E-state index contributed by atoms with van der Waals surface area (Å²) < 4.78 is 34.0. The van der Waals surface area contributed by atoms with E-state index >= 15 is 0 Å². The van der Waals surface area contributed by atoms with E-state index in [9.17, 15) is 13.2 Å². The van der Waals surface area contributed by atoms with Crippen molar-refractivity contribution in [3.05, 3.63) is 82.4 Å². The smallest absolute Gasteiger partial charge is 0.262 e. The minimum Gasteiger partial charge on any atom is -0.483 e. The van der Waals surface area contributed by atoms with E-state index in [1.54, 1.807) is 25.1 Å². The molecule has 3 aromatic rings. The monoisotopic (exact) mass is 480 g/mol. The van der Waals surface area contributed by atoms with Gasteiger partial charge in [-0.25, -0.2) is 8.42 Å². The normalized spacial score (nSPS) is 11.4. The summed E-state index contributed by atoms with van der Waals surface area (Å²) in [5.41, 5.74) is 6.08. The largest absolute Gasteiger partial charge is 0.483 e. The first kappa shape index (κ1) is 25.3. The highest BCUT2D eigenvalue weighted by atomic mass is 32.2. The van der Waals surface area contributed by atoms with Gasteiger partial charge in [-0.05, 0) is 91.8 Å². The molecule has 3 rings (SSSR count). The van der Waals surface area contributed by atoms with E-state index in [-0.39, 0.29) is 23.3 Å². The number of carbonyl (C=O) groups excluding carboxylic acids is 1. The molecule has 0 saturated heterocycles. The molecule has 0 bridgehead atoms. The van der Waals surface area contributed by atoms with Crippen LogP contribution in [0.2, 0.25) is 0 Å². The molecule has 0 spiro atoms. The minimum atomic E-state index is -3.76. The van der Waals surface area contributed by atoms with Gasteiger partial charge in [-0.3, -0.25) is 9.52 Å². The van der Waals surface area contributed by atoms with Crippen LogP contribution < -0.4 is 14.8 Å². The standard InChI is InChI=1S/C27H32N2O4S/c1-17(2)24-9-7-8-19(4)27(24)28-26(30)16-33-25-13-12-23(15-21(25)6)34(31,32)29-22-11-10-18(3)20(5)14-22/h7-15,17,29H,16H2,1-6H3,(H,28,30). The van der Waals surface area contributed by atoms with E-state index in [4.69, 9.17) is 4.74 Å². The van der Waals surface area contributed by atoms with Crippen LogP contribution in [0.5, 0.6) is 5.75 Å². The highest BCUT2D eigenvalue weighted by Crippen LogP contribution is 2.28. The maximum absolute atomic E-state index is 12.8. The van der Waals surface area contributed by atoms with Crippen molar-refractivity contribution in [1.29, 1.82) is 0 Å². The second kappa shape index (κ2) is 10.3. The van der Waals surface area contributed by atoms with Gasteiger partial charge in [0.1, 0.15) is 5.75 Å². The zero-order valence-corrected chi connectivity index (χ0v) is 21.3. The molecule has 0 unspecified atom stereocenters. The molecular formula is C27H32N2O4S. The summed E-state index contributed by atoms with van der Waals surface area (Å²) in [5, 5.41) is 2.95. The SMILES string of the molecule is Cc1ccc(NS(=O)(=O)c2ccc(OCC(=O)Nc3c(C)cccc3C(C)C)c(C)c2)cc1C. The molecule has 1 amide bonds. The molecule has 0 saturated carbocycles. The maximum Gasteiger partial charge on any atom is 0.262 e. The predicted molar refractivity (Wildman–Crippen MR) is 137 cm³/mol. The van der Waals surface area contributed by atoms with Crippen LogP contribution in [0.25, 0.3) is 0 Å². The summed E-state index contributed by atoms with van der Waals surface area (Å²) in [6.07, 6.45) is 0. The van der Waals surface area contributed by atoms with Crippen molar-refractivity contribution < 1.29 is 17.9 Å². The average Bonchev–Trinajstić information content (AvgIpc) is 2.76. The summed E-state index contributed by atoms with van der Waals surface area (Å²) in [5.74, 6) is 0.447. The van der Waals surface area contributed by atoms with E-state index in [1.165, 1.54) is 12.1 Å². The molecule has 34 heavy (non-hydrogen) atoms. The minimum absolute atomic E-state index is 0.126. The number of amides is 1. The average molecular weight is 481 g/mol. The molecule has 0 aliphatic rings. The van der Waals surface area contributed by atoms with Crippen LogP contribution in [0, 0.1) is 27.7 Å². The van der Waals surface area contributed by atoms with E-state index in [2.05, 4.69) is 23.9 Å². The van der Waals surface area contributed by atoms with Crippen LogP contribution in [0.4, 0.5) is 11.4 Å². The Labute approximate surface area is 202 Å². The van der Waals surface area contributed by atoms with E-state index in [1.807, 2.05) is 45.0 Å². The third-order valence-electron chi connectivity index (χ3n) is 5.77. The number of aryl methyl sites for hydroxylation is 4. The van der Waals surface area contributed by atoms with Crippen LogP contribution in [-0.2, 0) is 14.8 Å². The van der Waals surface area contributed by atoms with Crippen LogP contribution in [0.1, 0.15) is 47.6 Å². The Morgan fingerprint density at radius 2 is 1.62 bits per heavy atom. The molecule has 0 aliphatic heterocycles. The van der Waals surface area contributed by atoms with Gasteiger partial charge in [0.05, 0.1) is 4.90 Å². The number of ether oxygens (including phenoxy) is 1. The Balaban J connectivity index is 1.69. The lowest BCUT2D eigenvalue weighted by molar-refractivity contribution is -0.118. The van der Waals surface area contributed by atoms with Crippen LogP contribution in [-0.4, -0.2) is 20.9 Å². The van der Waals surface area contributed by atoms with Gasteiger partial charge in [0.2, 0.25) is 0 Å². The summed E-state index contributed by atoms with van der Waals surface area (Å²) in [4.78, 5) is 12.7. The van der Waals surface area contributed by atoms with Crippen LogP contribution >= 0.6 is 0 Å². The van der Waals surface area contributed by atoms with Gasteiger partial charge < -0.3 is 10.1 Å². The first-order valence-electron chi connectivity index (χ1n) is 11.2. The van der Waals surface area contributed by atoms with Gasteiger partial charge in [0.15, 0.2) is 6.61 Å². The van der Waals surface area contributed by atoms with Crippen LogP contribution in [0.3, 0.4) is 0 Å². The first-order chi connectivity index (χ1) is 16.0. The topological polar surface area (TPSA) is 84.5 Å². The Morgan fingerprint density at radius 3 is 2.26 bits per heavy atom. The number of hydrogen-bond donors (Lipinski definition) is 2. The summed E-state index contributed by atoms with van der Waals surface area (Å²) in [6, 6.07) is 15.9.